The zero-order valence-electron chi connectivity index (χ0n) is 16.0. The molecule has 0 aliphatic carbocycles. The van der Waals surface area contributed by atoms with Crippen LogP contribution in [0, 0.1) is 0 Å². The van der Waals surface area contributed by atoms with Gasteiger partial charge in [0.15, 0.2) is 5.96 Å². The number of aromatic nitrogens is 1. The number of nitrogens with zero attached hydrogens (tertiary/aromatic N) is 5. The van der Waals surface area contributed by atoms with E-state index >= 15 is 0 Å². The van der Waals surface area contributed by atoms with Gasteiger partial charge in [-0.05, 0) is 39.1 Å². The summed E-state index contributed by atoms with van der Waals surface area (Å²) in [6, 6.07) is 5.89. The van der Waals surface area contributed by atoms with Gasteiger partial charge in [0.2, 0.25) is 0 Å². The molecule has 9 heteroatoms. The summed E-state index contributed by atoms with van der Waals surface area (Å²) in [4.78, 5) is 14.7. The first-order chi connectivity index (χ1) is 12.9. The maximum atomic E-state index is 12.3. The van der Waals surface area contributed by atoms with Gasteiger partial charge in [0.25, 0.3) is 0 Å². The first-order valence-electron chi connectivity index (χ1n) is 9.33. The number of anilines is 1. The molecule has 6 nitrogen and oxygen atoms in total. The van der Waals surface area contributed by atoms with Crippen molar-refractivity contribution < 1.29 is 13.2 Å². The van der Waals surface area contributed by atoms with Gasteiger partial charge in [-0.15, -0.1) is 0 Å². The van der Waals surface area contributed by atoms with Gasteiger partial charge in [-0.1, -0.05) is 6.07 Å². The molecule has 0 radical (unpaired) electrons. The molecule has 0 atom stereocenters. The van der Waals surface area contributed by atoms with E-state index in [4.69, 9.17) is 0 Å². The van der Waals surface area contributed by atoms with Gasteiger partial charge in [-0.3, -0.25) is 9.89 Å². The molecule has 0 bridgehead atoms. The van der Waals surface area contributed by atoms with E-state index in [2.05, 4.69) is 25.1 Å². The second kappa shape index (κ2) is 10.3. The molecule has 1 N–H and O–H groups in total. The Morgan fingerprint density at radius 1 is 1.26 bits per heavy atom. The predicted molar refractivity (Wildman–Crippen MR) is 102 cm³/mol. The number of hydrogen-bond donors (Lipinski definition) is 1. The Kier molecular flexibility index (Phi) is 8.15. The second-order valence-electron chi connectivity index (χ2n) is 6.60. The van der Waals surface area contributed by atoms with Crippen LogP contribution in [-0.4, -0.2) is 86.3 Å². The average molecular weight is 386 g/mol. The summed E-state index contributed by atoms with van der Waals surface area (Å²) < 4.78 is 37.0. The first-order valence-corrected chi connectivity index (χ1v) is 9.33. The van der Waals surface area contributed by atoms with Crippen LogP contribution in [0.2, 0.25) is 0 Å². The Bertz CT molecular complexity index is 570. The van der Waals surface area contributed by atoms with E-state index in [0.717, 1.165) is 44.5 Å². The fraction of sp³-hybridized carbons (Fsp3) is 0.667. The van der Waals surface area contributed by atoms with Crippen LogP contribution in [0.5, 0.6) is 0 Å². The van der Waals surface area contributed by atoms with Crippen LogP contribution < -0.4 is 10.2 Å². The molecule has 152 valence electrons. The highest BCUT2D eigenvalue weighted by molar-refractivity contribution is 5.80. The van der Waals surface area contributed by atoms with Crippen molar-refractivity contribution in [2.75, 3.05) is 64.3 Å². The smallest absolute Gasteiger partial charge is 0.357 e. The average Bonchev–Trinajstić information content (AvgIpc) is 2.64. The van der Waals surface area contributed by atoms with Crippen LogP contribution in [0.25, 0.3) is 0 Å². The molecule has 2 heterocycles. The van der Waals surface area contributed by atoms with Gasteiger partial charge in [-0.25, -0.2) is 4.98 Å². The SMILES string of the molecule is CCNC(=NCCCN(C)CC(F)(F)F)N1CCN(c2ccccn2)CC1. The van der Waals surface area contributed by atoms with Crippen molar-refractivity contribution in [2.24, 2.45) is 4.99 Å². The lowest BCUT2D eigenvalue weighted by atomic mass is 10.3. The number of halogens is 3. The van der Waals surface area contributed by atoms with Crippen molar-refractivity contribution in [2.45, 2.75) is 19.5 Å². The number of hydrogen-bond acceptors (Lipinski definition) is 4. The van der Waals surface area contributed by atoms with E-state index in [9.17, 15) is 13.2 Å². The summed E-state index contributed by atoms with van der Waals surface area (Å²) in [7, 11) is 1.49. The number of piperazine rings is 1. The number of aliphatic imine (C=N–C) groups is 1. The highest BCUT2D eigenvalue weighted by Crippen LogP contribution is 2.15. The topological polar surface area (TPSA) is 47.0 Å². The molecule has 1 saturated heterocycles. The van der Waals surface area contributed by atoms with Gasteiger partial charge < -0.3 is 15.1 Å². The van der Waals surface area contributed by atoms with E-state index < -0.39 is 12.7 Å². The number of alkyl halides is 3. The minimum absolute atomic E-state index is 0.371. The van der Waals surface area contributed by atoms with Crippen molar-refractivity contribution in [3.8, 4) is 0 Å². The molecular formula is C18H29F3N6. The Balaban J connectivity index is 1.80. The second-order valence-corrected chi connectivity index (χ2v) is 6.60. The fourth-order valence-corrected chi connectivity index (χ4v) is 3.02. The van der Waals surface area contributed by atoms with Gasteiger partial charge >= 0.3 is 6.18 Å². The number of guanidine groups is 1. The van der Waals surface area contributed by atoms with Crippen LogP contribution in [-0.2, 0) is 0 Å². The Hall–Kier alpha value is -2.03. The molecule has 1 aliphatic heterocycles. The third kappa shape index (κ3) is 7.62. The molecule has 0 unspecified atom stereocenters. The van der Waals surface area contributed by atoms with Gasteiger partial charge in [-0.2, -0.15) is 13.2 Å². The van der Waals surface area contributed by atoms with Crippen molar-refractivity contribution >= 4 is 11.8 Å². The zero-order valence-corrected chi connectivity index (χ0v) is 16.0. The van der Waals surface area contributed by atoms with Gasteiger partial charge in [0, 0.05) is 45.5 Å². The van der Waals surface area contributed by atoms with E-state index in [1.54, 1.807) is 6.20 Å². The van der Waals surface area contributed by atoms with E-state index in [1.807, 2.05) is 25.1 Å². The molecule has 1 aromatic heterocycles. The first kappa shape index (κ1) is 21.3. The number of nitrogens with one attached hydrogen (secondary N) is 1. The van der Waals surface area contributed by atoms with Gasteiger partial charge in [0.05, 0.1) is 6.54 Å². The van der Waals surface area contributed by atoms with Crippen LogP contribution >= 0.6 is 0 Å². The molecule has 0 amide bonds. The summed E-state index contributed by atoms with van der Waals surface area (Å²) in [6.07, 6.45) is -1.77. The number of pyridine rings is 1. The predicted octanol–water partition coefficient (Wildman–Crippen LogP) is 2.05. The molecular weight excluding hydrogens is 357 g/mol. The minimum Gasteiger partial charge on any atom is -0.357 e. The van der Waals surface area contributed by atoms with E-state index in [1.165, 1.54) is 11.9 Å². The zero-order chi connectivity index (χ0) is 19.7. The Morgan fingerprint density at radius 3 is 2.59 bits per heavy atom. The summed E-state index contributed by atoms with van der Waals surface area (Å²) in [5.41, 5.74) is 0. The van der Waals surface area contributed by atoms with Crippen LogP contribution in [0.3, 0.4) is 0 Å². The summed E-state index contributed by atoms with van der Waals surface area (Å²) in [5, 5.41) is 3.28. The molecule has 1 fully saturated rings. The van der Waals surface area contributed by atoms with Crippen LogP contribution in [0.1, 0.15) is 13.3 Å². The van der Waals surface area contributed by atoms with Crippen molar-refractivity contribution in [3.63, 3.8) is 0 Å². The Labute approximate surface area is 159 Å². The molecule has 1 aliphatic rings. The lowest BCUT2D eigenvalue weighted by molar-refractivity contribution is -0.143. The van der Waals surface area contributed by atoms with Crippen molar-refractivity contribution in [1.82, 2.24) is 20.1 Å². The summed E-state index contributed by atoms with van der Waals surface area (Å²) in [5.74, 6) is 1.81. The molecule has 2 rings (SSSR count). The maximum absolute atomic E-state index is 12.3. The van der Waals surface area contributed by atoms with Crippen molar-refractivity contribution in [3.05, 3.63) is 24.4 Å². The number of rotatable bonds is 7. The third-order valence-corrected chi connectivity index (χ3v) is 4.30. The largest absolute Gasteiger partial charge is 0.401 e. The summed E-state index contributed by atoms with van der Waals surface area (Å²) >= 11 is 0. The standard InChI is InChI=1S/C18H29F3N6/c1-3-22-17(24-9-6-10-25(2)15-18(19,20)21)27-13-11-26(12-14-27)16-7-4-5-8-23-16/h4-5,7-8H,3,6,9-15H2,1-2H3,(H,22,24). The lowest BCUT2D eigenvalue weighted by Crippen LogP contribution is -2.52. The molecule has 1 aromatic rings. The summed E-state index contributed by atoms with van der Waals surface area (Å²) in [6.45, 7) is 6.13. The maximum Gasteiger partial charge on any atom is 0.401 e. The molecule has 0 aromatic carbocycles. The molecule has 0 saturated carbocycles. The van der Waals surface area contributed by atoms with E-state index in [0.29, 0.717) is 19.5 Å². The van der Waals surface area contributed by atoms with Crippen LogP contribution in [0.15, 0.2) is 29.4 Å². The van der Waals surface area contributed by atoms with E-state index in [-0.39, 0.29) is 0 Å². The molecule has 0 spiro atoms. The third-order valence-electron chi connectivity index (χ3n) is 4.30. The van der Waals surface area contributed by atoms with Crippen molar-refractivity contribution in [1.29, 1.82) is 0 Å². The molecule has 27 heavy (non-hydrogen) atoms. The highest BCUT2D eigenvalue weighted by atomic mass is 19.4. The minimum atomic E-state index is -4.15. The Morgan fingerprint density at radius 2 is 2.00 bits per heavy atom. The monoisotopic (exact) mass is 386 g/mol. The normalized spacial score (nSPS) is 16.1. The van der Waals surface area contributed by atoms with Gasteiger partial charge in [0.1, 0.15) is 5.82 Å². The quantitative estimate of drug-likeness (QED) is 0.442. The highest BCUT2D eigenvalue weighted by Gasteiger charge is 2.28. The lowest BCUT2D eigenvalue weighted by Gasteiger charge is -2.37. The fourth-order valence-electron chi connectivity index (χ4n) is 3.02. The van der Waals surface area contributed by atoms with Crippen LogP contribution in [0.4, 0.5) is 19.0 Å².